The van der Waals surface area contributed by atoms with Crippen LogP contribution in [0, 0.1) is 11.8 Å². The first-order chi connectivity index (χ1) is 9.67. The lowest BCUT2D eigenvalue weighted by molar-refractivity contribution is 0.133. The average Bonchev–Trinajstić information content (AvgIpc) is 2.99. The van der Waals surface area contributed by atoms with Crippen LogP contribution in [0.5, 0.6) is 0 Å². The molecule has 3 rings (SSSR count). The van der Waals surface area contributed by atoms with Gasteiger partial charge in [-0.15, -0.1) is 0 Å². The van der Waals surface area contributed by atoms with Crippen LogP contribution >= 0.6 is 11.6 Å². The molecule has 2 fully saturated rings. The highest BCUT2D eigenvalue weighted by molar-refractivity contribution is 6.28. The summed E-state index contributed by atoms with van der Waals surface area (Å²) < 4.78 is 0. The fourth-order valence-electron chi connectivity index (χ4n) is 3.20. The van der Waals surface area contributed by atoms with Crippen LogP contribution in [0.1, 0.15) is 26.2 Å². The molecule has 2 heterocycles. The van der Waals surface area contributed by atoms with E-state index in [1.807, 2.05) is 0 Å². The van der Waals surface area contributed by atoms with E-state index in [1.54, 1.807) is 0 Å². The van der Waals surface area contributed by atoms with Gasteiger partial charge in [-0.25, -0.2) is 0 Å². The number of aromatic nitrogens is 3. The summed E-state index contributed by atoms with van der Waals surface area (Å²) in [6, 6.07) is 0. The Morgan fingerprint density at radius 3 is 2.90 bits per heavy atom. The minimum absolute atomic E-state index is 0.181. The molecule has 1 aromatic rings. The Kier molecular flexibility index (Phi) is 3.94. The van der Waals surface area contributed by atoms with Gasteiger partial charge in [-0.1, -0.05) is 6.92 Å². The molecule has 1 aliphatic heterocycles. The Labute approximate surface area is 123 Å². The van der Waals surface area contributed by atoms with E-state index in [-0.39, 0.29) is 11.4 Å². The van der Waals surface area contributed by atoms with Gasteiger partial charge in [0.25, 0.3) is 0 Å². The Morgan fingerprint density at radius 1 is 1.30 bits per heavy atom. The molecule has 1 saturated heterocycles. The Morgan fingerprint density at radius 2 is 2.15 bits per heavy atom. The molecule has 6 nitrogen and oxygen atoms in total. The van der Waals surface area contributed by atoms with Crippen LogP contribution in [-0.4, -0.2) is 45.8 Å². The van der Waals surface area contributed by atoms with Crippen molar-refractivity contribution in [1.29, 1.82) is 0 Å². The SMILES string of the molecule is CCCNc1nc(Cl)nc(N2CC3CCC(O)C3C2)n1. The summed E-state index contributed by atoms with van der Waals surface area (Å²) in [6.45, 7) is 4.60. The van der Waals surface area contributed by atoms with Crippen LogP contribution in [0.15, 0.2) is 0 Å². The van der Waals surface area contributed by atoms with Crippen LogP contribution < -0.4 is 10.2 Å². The quantitative estimate of drug-likeness (QED) is 0.878. The topological polar surface area (TPSA) is 74.2 Å². The molecule has 1 saturated carbocycles. The Bertz CT molecular complexity index is 486. The lowest BCUT2D eigenvalue weighted by Gasteiger charge is -2.18. The monoisotopic (exact) mass is 297 g/mol. The van der Waals surface area contributed by atoms with Crippen LogP contribution in [0.2, 0.25) is 5.28 Å². The molecular weight excluding hydrogens is 278 g/mol. The second kappa shape index (κ2) is 5.69. The molecular formula is C13H20ClN5O. The predicted molar refractivity (Wildman–Crippen MR) is 78.1 cm³/mol. The fourth-order valence-corrected chi connectivity index (χ4v) is 3.35. The maximum atomic E-state index is 9.97. The maximum absolute atomic E-state index is 9.97. The molecule has 7 heteroatoms. The average molecular weight is 298 g/mol. The van der Waals surface area contributed by atoms with E-state index < -0.39 is 0 Å². The van der Waals surface area contributed by atoms with Crippen molar-refractivity contribution in [3.63, 3.8) is 0 Å². The Balaban J connectivity index is 1.75. The first-order valence-electron chi connectivity index (χ1n) is 7.26. The van der Waals surface area contributed by atoms with Crippen LogP contribution in [0.4, 0.5) is 11.9 Å². The lowest BCUT2D eigenvalue weighted by atomic mass is 10.00. The third kappa shape index (κ3) is 2.67. The molecule has 3 atom stereocenters. The van der Waals surface area contributed by atoms with Crippen molar-refractivity contribution in [2.24, 2.45) is 11.8 Å². The third-order valence-corrected chi connectivity index (χ3v) is 4.40. The van der Waals surface area contributed by atoms with Crippen LogP contribution in [-0.2, 0) is 0 Å². The largest absolute Gasteiger partial charge is 0.393 e. The summed E-state index contributed by atoms with van der Waals surface area (Å²) in [4.78, 5) is 14.9. The summed E-state index contributed by atoms with van der Waals surface area (Å²) in [7, 11) is 0. The van der Waals surface area contributed by atoms with Crippen molar-refractivity contribution in [2.45, 2.75) is 32.3 Å². The van der Waals surface area contributed by atoms with E-state index in [9.17, 15) is 5.11 Å². The zero-order valence-electron chi connectivity index (χ0n) is 11.6. The summed E-state index contributed by atoms with van der Waals surface area (Å²) in [5.74, 6) is 2.04. The third-order valence-electron chi connectivity index (χ3n) is 4.23. The lowest BCUT2D eigenvalue weighted by Crippen LogP contribution is -2.26. The molecule has 1 aliphatic carbocycles. The Hall–Kier alpha value is -1.14. The molecule has 2 N–H and O–H groups in total. The van der Waals surface area contributed by atoms with Gasteiger partial charge in [-0.2, -0.15) is 15.0 Å². The highest BCUT2D eigenvalue weighted by Gasteiger charge is 2.42. The molecule has 110 valence electrons. The van der Waals surface area contributed by atoms with E-state index in [1.165, 1.54) is 0 Å². The molecule has 3 unspecified atom stereocenters. The number of nitrogens with zero attached hydrogens (tertiary/aromatic N) is 4. The molecule has 0 bridgehead atoms. The van der Waals surface area contributed by atoms with Crippen molar-refractivity contribution in [3.8, 4) is 0 Å². The standard InChI is InChI=1S/C13H20ClN5O/c1-2-5-15-12-16-11(14)17-13(18-12)19-6-8-3-4-10(20)9(8)7-19/h8-10,20H,2-7H2,1H3,(H,15,16,17,18). The number of anilines is 2. The van der Waals surface area contributed by atoms with Gasteiger partial charge in [-0.05, 0) is 36.8 Å². The first kappa shape index (κ1) is 13.8. The zero-order valence-corrected chi connectivity index (χ0v) is 12.3. The normalized spacial score (nSPS) is 28.8. The molecule has 1 aromatic heterocycles. The number of hydrogen-bond donors (Lipinski definition) is 2. The van der Waals surface area contributed by atoms with Crippen molar-refractivity contribution in [3.05, 3.63) is 5.28 Å². The van der Waals surface area contributed by atoms with Gasteiger partial charge in [0.1, 0.15) is 0 Å². The molecule has 20 heavy (non-hydrogen) atoms. The van der Waals surface area contributed by atoms with E-state index in [4.69, 9.17) is 11.6 Å². The first-order valence-corrected chi connectivity index (χ1v) is 7.63. The van der Waals surface area contributed by atoms with Crippen molar-refractivity contribution in [2.75, 3.05) is 29.9 Å². The van der Waals surface area contributed by atoms with E-state index in [0.717, 1.165) is 38.9 Å². The number of hydrogen-bond acceptors (Lipinski definition) is 6. The smallest absolute Gasteiger partial charge is 0.231 e. The maximum Gasteiger partial charge on any atom is 0.231 e. The predicted octanol–water partition coefficient (Wildman–Crippen LogP) is 1.55. The molecule has 0 radical (unpaired) electrons. The van der Waals surface area contributed by atoms with Gasteiger partial charge in [-0.3, -0.25) is 0 Å². The fraction of sp³-hybridized carbons (Fsp3) is 0.769. The van der Waals surface area contributed by atoms with Gasteiger partial charge < -0.3 is 15.3 Å². The summed E-state index contributed by atoms with van der Waals surface area (Å²) in [5.41, 5.74) is 0. The molecule has 2 aliphatic rings. The van der Waals surface area contributed by atoms with Crippen molar-refractivity contribution >= 4 is 23.5 Å². The van der Waals surface area contributed by atoms with Crippen molar-refractivity contribution in [1.82, 2.24) is 15.0 Å². The number of aliphatic hydroxyl groups is 1. The zero-order chi connectivity index (χ0) is 14.1. The minimum atomic E-state index is -0.181. The minimum Gasteiger partial charge on any atom is -0.393 e. The van der Waals surface area contributed by atoms with Gasteiger partial charge in [0, 0.05) is 25.6 Å². The number of halogens is 1. The van der Waals surface area contributed by atoms with Gasteiger partial charge >= 0.3 is 0 Å². The summed E-state index contributed by atoms with van der Waals surface area (Å²) in [5, 5.41) is 13.3. The van der Waals surface area contributed by atoms with Crippen LogP contribution in [0.25, 0.3) is 0 Å². The van der Waals surface area contributed by atoms with Gasteiger partial charge in [0.2, 0.25) is 17.2 Å². The second-order valence-corrected chi connectivity index (χ2v) is 5.97. The number of aliphatic hydroxyl groups excluding tert-OH is 1. The van der Waals surface area contributed by atoms with Gasteiger partial charge in [0.15, 0.2) is 0 Å². The van der Waals surface area contributed by atoms with E-state index in [2.05, 4.69) is 32.1 Å². The van der Waals surface area contributed by atoms with E-state index in [0.29, 0.717) is 23.7 Å². The number of rotatable bonds is 4. The van der Waals surface area contributed by atoms with Gasteiger partial charge in [0.05, 0.1) is 6.10 Å². The molecule has 0 aromatic carbocycles. The van der Waals surface area contributed by atoms with Crippen molar-refractivity contribution < 1.29 is 5.11 Å². The highest BCUT2D eigenvalue weighted by Crippen LogP contribution is 2.39. The van der Waals surface area contributed by atoms with Crippen LogP contribution in [0.3, 0.4) is 0 Å². The molecule has 0 amide bonds. The number of fused-ring (bicyclic) bond motifs is 1. The number of nitrogens with one attached hydrogen (secondary N) is 1. The molecule has 0 spiro atoms. The van der Waals surface area contributed by atoms with E-state index >= 15 is 0 Å². The summed E-state index contributed by atoms with van der Waals surface area (Å²) in [6.07, 6.45) is 2.82. The second-order valence-electron chi connectivity index (χ2n) is 5.63. The summed E-state index contributed by atoms with van der Waals surface area (Å²) >= 11 is 5.98. The highest BCUT2D eigenvalue weighted by atomic mass is 35.5.